The van der Waals surface area contributed by atoms with Gasteiger partial charge in [-0.05, 0) is 55.6 Å². The smallest absolute Gasteiger partial charge is 0.295 e. The summed E-state index contributed by atoms with van der Waals surface area (Å²) in [4.78, 5) is 24.9. The van der Waals surface area contributed by atoms with Gasteiger partial charge in [0, 0.05) is 18.0 Å². The zero-order valence-electron chi connectivity index (χ0n) is 17.4. The number of thioether (sulfide) groups is 1. The van der Waals surface area contributed by atoms with E-state index in [-0.39, 0.29) is 22.0 Å². The van der Waals surface area contributed by atoms with Gasteiger partial charge in [-0.15, -0.1) is 11.8 Å². The van der Waals surface area contributed by atoms with E-state index in [4.69, 9.17) is 12.2 Å². The third kappa shape index (κ3) is 4.97. The van der Waals surface area contributed by atoms with Crippen LogP contribution in [0.3, 0.4) is 0 Å². The van der Waals surface area contributed by atoms with Gasteiger partial charge in [0.25, 0.3) is 11.2 Å². The predicted octanol–water partition coefficient (Wildman–Crippen LogP) is 4.70. The molecule has 2 aromatic carbocycles. The normalized spacial score (nSPS) is 10.7. The molecule has 31 heavy (non-hydrogen) atoms. The zero-order chi connectivity index (χ0) is 22.5. The van der Waals surface area contributed by atoms with E-state index in [0.29, 0.717) is 11.4 Å². The number of anilines is 2. The van der Waals surface area contributed by atoms with Crippen molar-refractivity contribution in [1.29, 1.82) is 0 Å². The average Bonchev–Trinajstić information content (AvgIpc) is 2.96. The molecule has 0 amide bonds. The van der Waals surface area contributed by atoms with Crippen LogP contribution in [0.25, 0.3) is 5.69 Å². The van der Waals surface area contributed by atoms with Crippen molar-refractivity contribution in [2.24, 2.45) is 7.05 Å². The SMILES string of the molecule is CCCSc1ccc([N+](=O)[O-])c(NC(=S)Nc2c(C)n(C)n(-c3ccccc3)c2=O)c1. The molecule has 0 aliphatic rings. The summed E-state index contributed by atoms with van der Waals surface area (Å²) < 4.78 is 3.26. The van der Waals surface area contributed by atoms with Gasteiger partial charge < -0.3 is 10.6 Å². The molecule has 0 aliphatic heterocycles. The van der Waals surface area contributed by atoms with Crippen molar-refractivity contribution in [3.63, 3.8) is 0 Å². The van der Waals surface area contributed by atoms with Crippen LogP contribution in [-0.4, -0.2) is 25.2 Å². The van der Waals surface area contributed by atoms with Crippen molar-refractivity contribution < 1.29 is 4.92 Å². The number of nitro benzene ring substituents is 1. The van der Waals surface area contributed by atoms with E-state index in [1.54, 1.807) is 42.5 Å². The third-order valence-corrected chi connectivity index (χ3v) is 6.08. The summed E-state index contributed by atoms with van der Waals surface area (Å²) in [5, 5.41) is 17.4. The minimum absolute atomic E-state index is 0.0866. The molecule has 0 radical (unpaired) electrons. The van der Waals surface area contributed by atoms with Crippen molar-refractivity contribution >= 4 is 46.2 Å². The van der Waals surface area contributed by atoms with Crippen LogP contribution < -0.4 is 16.2 Å². The Morgan fingerprint density at radius 1 is 1.19 bits per heavy atom. The van der Waals surface area contributed by atoms with Crippen LogP contribution in [0.5, 0.6) is 0 Å². The fourth-order valence-electron chi connectivity index (χ4n) is 3.06. The third-order valence-electron chi connectivity index (χ3n) is 4.68. The Labute approximate surface area is 189 Å². The zero-order valence-corrected chi connectivity index (χ0v) is 19.0. The maximum Gasteiger partial charge on any atom is 0.295 e. The number of hydrogen-bond donors (Lipinski definition) is 2. The number of nitrogens with zero attached hydrogens (tertiary/aromatic N) is 3. The van der Waals surface area contributed by atoms with Crippen LogP contribution in [-0.2, 0) is 7.05 Å². The van der Waals surface area contributed by atoms with Crippen LogP contribution in [0.4, 0.5) is 17.1 Å². The Balaban J connectivity index is 1.88. The first-order chi connectivity index (χ1) is 14.8. The summed E-state index contributed by atoms with van der Waals surface area (Å²) >= 11 is 6.99. The molecule has 0 bridgehead atoms. The molecular weight excluding hydrogens is 434 g/mol. The average molecular weight is 458 g/mol. The molecule has 8 nitrogen and oxygen atoms in total. The molecule has 2 N–H and O–H groups in total. The maximum absolute atomic E-state index is 13.0. The number of aromatic nitrogens is 2. The number of rotatable bonds is 7. The molecule has 0 saturated heterocycles. The highest BCUT2D eigenvalue weighted by Crippen LogP contribution is 2.30. The van der Waals surface area contributed by atoms with Crippen molar-refractivity contribution in [3.05, 3.63) is 74.7 Å². The molecule has 0 saturated carbocycles. The lowest BCUT2D eigenvalue weighted by molar-refractivity contribution is -0.383. The Morgan fingerprint density at radius 2 is 1.90 bits per heavy atom. The van der Waals surface area contributed by atoms with E-state index < -0.39 is 4.92 Å². The van der Waals surface area contributed by atoms with Crippen molar-refractivity contribution in [2.75, 3.05) is 16.4 Å². The highest BCUT2D eigenvalue weighted by molar-refractivity contribution is 7.99. The Morgan fingerprint density at radius 3 is 2.55 bits per heavy atom. The summed E-state index contributed by atoms with van der Waals surface area (Å²) in [6.45, 7) is 3.87. The number of benzene rings is 2. The topological polar surface area (TPSA) is 94.1 Å². The van der Waals surface area contributed by atoms with Crippen LogP contribution in [0, 0.1) is 17.0 Å². The number of nitro groups is 1. The second-order valence-electron chi connectivity index (χ2n) is 6.80. The molecule has 1 heterocycles. The molecule has 10 heteroatoms. The van der Waals surface area contributed by atoms with E-state index in [0.717, 1.165) is 22.8 Å². The van der Waals surface area contributed by atoms with Gasteiger partial charge in [-0.25, -0.2) is 4.68 Å². The summed E-state index contributed by atoms with van der Waals surface area (Å²) in [6.07, 6.45) is 0.991. The minimum Gasteiger partial charge on any atom is -0.327 e. The monoisotopic (exact) mass is 457 g/mol. The van der Waals surface area contributed by atoms with Gasteiger partial charge in [0.2, 0.25) is 0 Å². The van der Waals surface area contributed by atoms with Gasteiger partial charge in [0.1, 0.15) is 11.4 Å². The molecule has 0 unspecified atom stereocenters. The Bertz CT molecular complexity index is 1170. The lowest BCUT2D eigenvalue weighted by Crippen LogP contribution is -2.25. The number of para-hydroxylation sites is 1. The van der Waals surface area contributed by atoms with Gasteiger partial charge in [0.05, 0.1) is 16.3 Å². The first kappa shape index (κ1) is 22.6. The predicted molar refractivity (Wildman–Crippen MR) is 130 cm³/mol. The molecule has 0 fully saturated rings. The molecule has 162 valence electrons. The van der Waals surface area contributed by atoms with E-state index in [2.05, 4.69) is 17.6 Å². The number of hydrogen-bond acceptors (Lipinski definition) is 5. The van der Waals surface area contributed by atoms with E-state index >= 15 is 0 Å². The second kappa shape index (κ2) is 9.80. The molecule has 1 aromatic heterocycles. The van der Waals surface area contributed by atoms with Crippen LogP contribution in [0.15, 0.2) is 58.2 Å². The number of nitrogens with one attached hydrogen (secondary N) is 2. The van der Waals surface area contributed by atoms with Crippen LogP contribution in [0.1, 0.15) is 19.0 Å². The van der Waals surface area contributed by atoms with Gasteiger partial charge in [-0.1, -0.05) is 25.1 Å². The molecule has 0 atom stereocenters. The van der Waals surface area contributed by atoms with Crippen LogP contribution >= 0.6 is 24.0 Å². The quantitative estimate of drug-likeness (QED) is 0.230. The molecule has 3 aromatic rings. The highest BCUT2D eigenvalue weighted by Gasteiger charge is 2.19. The summed E-state index contributed by atoms with van der Waals surface area (Å²) in [5.41, 5.74) is 1.64. The first-order valence-corrected chi connectivity index (χ1v) is 11.1. The van der Waals surface area contributed by atoms with Crippen molar-refractivity contribution in [1.82, 2.24) is 9.36 Å². The molecule has 3 rings (SSSR count). The lowest BCUT2D eigenvalue weighted by Gasteiger charge is -2.11. The van der Waals surface area contributed by atoms with Gasteiger partial charge >= 0.3 is 0 Å². The lowest BCUT2D eigenvalue weighted by atomic mass is 10.2. The van der Waals surface area contributed by atoms with Crippen molar-refractivity contribution in [2.45, 2.75) is 25.2 Å². The molecule has 0 spiro atoms. The minimum atomic E-state index is -0.463. The Hall–Kier alpha value is -3.11. The molecular formula is C21H23N5O3S2. The van der Waals surface area contributed by atoms with Gasteiger partial charge in [-0.3, -0.25) is 19.6 Å². The number of thiocarbonyl (C=S) groups is 1. The standard InChI is InChI=1S/C21H23N5O3S2/c1-4-12-31-16-10-11-18(26(28)29)17(13-16)22-21(30)23-19-14(2)24(3)25(20(19)27)15-8-6-5-7-9-15/h5-11,13H,4,12H2,1-3H3,(H2,22,23,30). The molecule has 0 aliphatic carbocycles. The van der Waals surface area contributed by atoms with E-state index in [9.17, 15) is 14.9 Å². The largest absolute Gasteiger partial charge is 0.327 e. The van der Waals surface area contributed by atoms with E-state index in [1.807, 2.05) is 30.3 Å². The van der Waals surface area contributed by atoms with Gasteiger partial charge in [0.15, 0.2) is 5.11 Å². The second-order valence-corrected chi connectivity index (χ2v) is 8.38. The fourth-order valence-corrected chi connectivity index (χ4v) is 4.08. The van der Waals surface area contributed by atoms with E-state index in [1.165, 1.54) is 10.7 Å². The van der Waals surface area contributed by atoms with Gasteiger partial charge in [-0.2, -0.15) is 0 Å². The van der Waals surface area contributed by atoms with Crippen LogP contribution in [0.2, 0.25) is 0 Å². The summed E-state index contributed by atoms with van der Waals surface area (Å²) in [7, 11) is 1.78. The summed E-state index contributed by atoms with van der Waals surface area (Å²) in [6, 6.07) is 14.1. The maximum atomic E-state index is 13.0. The summed E-state index contributed by atoms with van der Waals surface area (Å²) in [5.74, 6) is 0.905. The highest BCUT2D eigenvalue weighted by atomic mass is 32.2. The Kier molecular flexibility index (Phi) is 7.13. The fraction of sp³-hybridized carbons (Fsp3) is 0.238. The van der Waals surface area contributed by atoms with Crippen molar-refractivity contribution in [3.8, 4) is 5.69 Å². The first-order valence-electron chi connectivity index (χ1n) is 9.66.